The fourth-order valence-electron chi connectivity index (χ4n) is 2.73. The zero-order valence-corrected chi connectivity index (χ0v) is 17.9. The number of fused-ring (bicyclic) bond motifs is 1. The molecule has 0 aliphatic heterocycles. The second kappa shape index (κ2) is 9.56. The molecule has 0 bridgehead atoms. The molecule has 0 N–H and O–H groups in total. The number of rotatable bonds is 9. The highest BCUT2D eigenvalue weighted by molar-refractivity contribution is 8.00. The van der Waals surface area contributed by atoms with Crippen molar-refractivity contribution < 1.29 is 4.74 Å². The van der Waals surface area contributed by atoms with Crippen LogP contribution >= 0.6 is 34.9 Å². The number of para-hydroxylation sites is 2. The van der Waals surface area contributed by atoms with E-state index < -0.39 is 0 Å². The number of nitrogens with zero attached hydrogens (tertiary/aromatic N) is 4. The molecule has 8 heteroatoms. The van der Waals surface area contributed by atoms with E-state index >= 15 is 0 Å². The van der Waals surface area contributed by atoms with E-state index in [9.17, 15) is 0 Å². The molecule has 5 nitrogen and oxygen atoms in total. The van der Waals surface area contributed by atoms with Crippen LogP contribution in [0.25, 0.3) is 15.9 Å². The maximum absolute atomic E-state index is 5.15. The third kappa shape index (κ3) is 4.57. The molecule has 0 atom stereocenters. The lowest BCUT2D eigenvalue weighted by molar-refractivity contribution is 0.200. The maximum atomic E-state index is 5.15. The second-order valence-corrected chi connectivity index (χ2v) is 9.32. The van der Waals surface area contributed by atoms with Crippen molar-refractivity contribution in [3.05, 3.63) is 60.4 Å². The van der Waals surface area contributed by atoms with Crippen LogP contribution in [0.2, 0.25) is 0 Å². The van der Waals surface area contributed by atoms with Gasteiger partial charge in [0.25, 0.3) is 0 Å². The van der Waals surface area contributed by atoms with E-state index in [1.165, 1.54) is 4.70 Å². The van der Waals surface area contributed by atoms with Crippen LogP contribution in [-0.2, 0) is 10.5 Å². The van der Waals surface area contributed by atoms with Crippen molar-refractivity contribution in [3.8, 4) is 5.69 Å². The summed E-state index contributed by atoms with van der Waals surface area (Å²) in [7, 11) is 1.73. The third-order valence-corrected chi connectivity index (χ3v) is 7.23. The molecule has 144 valence electrons. The number of benzene rings is 2. The molecular formula is C20H20N4OS3. The standard InChI is InChI=1S/C20H20N4OS3/c1-25-12-7-13-26-19-23-22-18(24(19)15-8-3-2-4-9-15)14-27-20-21-16-10-5-6-11-17(16)28-20/h2-6,8-11H,7,12-14H2,1H3. The van der Waals surface area contributed by atoms with Gasteiger partial charge in [0.05, 0.1) is 16.0 Å². The quantitative estimate of drug-likeness (QED) is 0.266. The Morgan fingerprint density at radius 2 is 1.82 bits per heavy atom. The molecule has 4 aromatic rings. The largest absolute Gasteiger partial charge is 0.385 e. The first-order valence-corrected chi connectivity index (χ1v) is 11.7. The lowest BCUT2D eigenvalue weighted by Gasteiger charge is -2.09. The average Bonchev–Trinajstić information content (AvgIpc) is 3.33. The minimum atomic E-state index is 0.723. The summed E-state index contributed by atoms with van der Waals surface area (Å²) in [5.41, 5.74) is 2.13. The van der Waals surface area contributed by atoms with Gasteiger partial charge in [0.2, 0.25) is 0 Å². The van der Waals surface area contributed by atoms with Crippen LogP contribution in [0.15, 0.2) is 64.1 Å². The van der Waals surface area contributed by atoms with Crippen molar-refractivity contribution in [3.63, 3.8) is 0 Å². The molecule has 0 aliphatic rings. The van der Waals surface area contributed by atoms with Crippen LogP contribution in [0, 0.1) is 0 Å². The average molecular weight is 429 g/mol. The molecule has 0 saturated heterocycles. The third-order valence-electron chi connectivity index (χ3n) is 4.04. The number of hydrogen-bond acceptors (Lipinski definition) is 7. The van der Waals surface area contributed by atoms with Gasteiger partial charge in [-0.1, -0.05) is 53.9 Å². The minimum Gasteiger partial charge on any atom is -0.385 e. The summed E-state index contributed by atoms with van der Waals surface area (Å²) in [6.45, 7) is 0.757. The normalized spacial score (nSPS) is 11.3. The molecule has 0 amide bonds. The predicted octanol–water partition coefficient (Wildman–Crippen LogP) is 5.30. The summed E-state index contributed by atoms with van der Waals surface area (Å²) in [6, 6.07) is 18.5. The summed E-state index contributed by atoms with van der Waals surface area (Å²) in [4.78, 5) is 4.71. The molecule has 0 saturated carbocycles. The summed E-state index contributed by atoms with van der Waals surface area (Å²) in [5.74, 6) is 2.61. The SMILES string of the molecule is COCCCSc1nnc(CSc2nc3ccccc3s2)n1-c1ccccc1. The highest BCUT2D eigenvalue weighted by atomic mass is 32.2. The van der Waals surface area contributed by atoms with Crippen molar-refractivity contribution in [1.82, 2.24) is 19.7 Å². The van der Waals surface area contributed by atoms with E-state index in [4.69, 9.17) is 9.72 Å². The summed E-state index contributed by atoms with van der Waals surface area (Å²) in [5, 5.41) is 9.85. The van der Waals surface area contributed by atoms with Crippen molar-refractivity contribution >= 4 is 45.1 Å². The van der Waals surface area contributed by atoms with E-state index in [0.29, 0.717) is 0 Å². The van der Waals surface area contributed by atoms with Gasteiger partial charge in [-0.3, -0.25) is 4.57 Å². The first kappa shape index (κ1) is 19.4. The molecule has 2 heterocycles. The summed E-state index contributed by atoms with van der Waals surface area (Å²) in [6.07, 6.45) is 0.985. The van der Waals surface area contributed by atoms with Gasteiger partial charge in [0, 0.05) is 25.2 Å². The Balaban J connectivity index is 1.54. The van der Waals surface area contributed by atoms with Crippen LogP contribution in [-0.4, -0.2) is 39.2 Å². The van der Waals surface area contributed by atoms with E-state index in [1.807, 2.05) is 30.3 Å². The van der Waals surface area contributed by atoms with Gasteiger partial charge in [-0.05, 0) is 30.7 Å². The zero-order valence-electron chi connectivity index (χ0n) is 15.4. The van der Waals surface area contributed by atoms with Crippen molar-refractivity contribution in [2.45, 2.75) is 21.7 Å². The highest BCUT2D eigenvalue weighted by Crippen LogP contribution is 2.32. The second-order valence-electron chi connectivity index (χ2n) is 6.00. The molecule has 28 heavy (non-hydrogen) atoms. The summed E-state index contributed by atoms with van der Waals surface area (Å²) >= 11 is 5.14. The fraction of sp³-hybridized carbons (Fsp3) is 0.250. The van der Waals surface area contributed by atoms with E-state index in [-0.39, 0.29) is 0 Å². The number of aromatic nitrogens is 4. The van der Waals surface area contributed by atoms with Crippen LogP contribution in [0.4, 0.5) is 0 Å². The fourth-order valence-corrected chi connectivity index (χ4v) is 5.59. The topological polar surface area (TPSA) is 52.8 Å². The van der Waals surface area contributed by atoms with Gasteiger partial charge in [-0.2, -0.15) is 0 Å². The predicted molar refractivity (Wildman–Crippen MR) is 118 cm³/mol. The van der Waals surface area contributed by atoms with Gasteiger partial charge < -0.3 is 4.74 Å². The Kier molecular flexibility index (Phi) is 6.64. The molecule has 0 aliphatic carbocycles. The Morgan fingerprint density at radius 3 is 2.64 bits per heavy atom. The van der Waals surface area contributed by atoms with Crippen LogP contribution in [0.1, 0.15) is 12.2 Å². The highest BCUT2D eigenvalue weighted by Gasteiger charge is 2.15. The molecular weight excluding hydrogens is 408 g/mol. The van der Waals surface area contributed by atoms with Crippen LogP contribution in [0.5, 0.6) is 0 Å². The number of hydrogen-bond donors (Lipinski definition) is 0. The number of ether oxygens (including phenoxy) is 1. The Labute approximate surface area is 176 Å². The summed E-state index contributed by atoms with van der Waals surface area (Å²) < 4.78 is 9.56. The van der Waals surface area contributed by atoms with Crippen molar-refractivity contribution in [1.29, 1.82) is 0 Å². The van der Waals surface area contributed by atoms with E-state index in [2.05, 4.69) is 39.0 Å². The van der Waals surface area contributed by atoms with Crippen LogP contribution < -0.4 is 0 Å². The molecule has 2 aromatic carbocycles. The Morgan fingerprint density at radius 1 is 1.00 bits per heavy atom. The minimum absolute atomic E-state index is 0.723. The van der Waals surface area contributed by atoms with Crippen LogP contribution in [0.3, 0.4) is 0 Å². The Hall–Kier alpha value is -1.87. The van der Waals surface area contributed by atoms with Crippen molar-refractivity contribution in [2.24, 2.45) is 0 Å². The van der Waals surface area contributed by atoms with Crippen molar-refractivity contribution in [2.75, 3.05) is 19.5 Å². The monoisotopic (exact) mass is 428 g/mol. The smallest absolute Gasteiger partial charge is 0.195 e. The molecule has 4 rings (SSSR count). The lowest BCUT2D eigenvalue weighted by Crippen LogP contribution is -2.02. The van der Waals surface area contributed by atoms with Gasteiger partial charge >= 0.3 is 0 Å². The van der Waals surface area contributed by atoms with Gasteiger partial charge in [0.15, 0.2) is 9.50 Å². The molecule has 0 unspecified atom stereocenters. The molecule has 0 spiro atoms. The lowest BCUT2D eigenvalue weighted by atomic mass is 10.3. The van der Waals surface area contributed by atoms with E-state index in [1.54, 1.807) is 42.0 Å². The van der Waals surface area contributed by atoms with Gasteiger partial charge in [-0.15, -0.1) is 21.5 Å². The molecule has 0 fully saturated rings. The first-order chi connectivity index (χ1) is 13.8. The van der Waals surface area contributed by atoms with Gasteiger partial charge in [-0.25, -0.2) is 4.98 Å². The number of thiazole rings is 1. The van der Waals surface area contributed by atoms with Gasteiger partial charge in [0.1, 0.15) is 5.82 Å². The molecule has 0 radical (unpaired) electrons. The molecule has 2 aromatic heterocycles. The maximum Gasteiger partial charge on any atom is 0.195 e. The number of methoxy groups -OCH3 is 1. The van der Waals surface area contributed by atoms with E-state index in [0.717, 1.165) is 51.1 Å². The number of thioether (sulfide) groups is 2. The first-order valence-electron chi connectivity index (χ1n) is 8.95. The zero-order chi connectivity index (χ0) is 19.2. The Bertz CT molecular complexity index is 999.